The highest BCUT2D eigenvalue weighted by Gasteiger charge is 2.48. The molecule has 1 amide bonds. The van der Waals surface area contributed by atoms with Crippen molar-refractivity contribution in [3.8, 4) is 0 Å². The van der Waals surface area contributed by atoms with E-state index in [1.54, 1.807) is 48.5 Å². The maximum atomic E-state index is 13.1. The smallest absolute Gasteiger partial charge is 0.420 e. The number of hydrogen-bond acceptors (Lipinski definition) is 5. The molecular weight excluding hydrogens is 459 g/mol. The summed E-state index contributed by atoms with van der Waals surface area (Å²) in [5, 5.41) is 9.28. The fourth-order valence-electron chi connectivity index (χ4n) is 2.91. The molecule has 0 saturated carbocycles. The fraction of sp³-hybridized carbons (Fsp3) is 0.684. The van der Waals surface area contributed by atoms with Crippen LogP contribution >= 0.6 is 11.6 Å². The fourth-order valence-corrected chi connectivity index (χ4v) is 4.10. The van der Waals surface area contributed by atoms with E-state index < -0.39 is 56.1 Å². The summed E-state index contributed by atoms with van der Waals surface area (Å²) in [4.78, 5) is 17.6. The van der Waals surface area contributed by atoms with Gasteiger partial charge < -0.3 is 9.84 Å². The van der Waals surface area contributed by atoms with Crippen molar-refractivity contribution >= 4 is 34.4 Å². The quantitative estimate of drug-likeness (QED) is 0.621. The molecule has 0 aliphatic carbocycles. The van der Waals surface area contributed by atoms with E-state index in [9.17, 15) is 27.3 Å². The van der Waals surface area contributed by atoms with E-state index in [4.69, 9.17) is 16.3 Å². The molecule has 2 heterocycles. The van der Waals surface area contributed by atoms with E-state index in [2.05, 4.69) is 9.71 Å². The second-order valence-electron chi connectivity index (χ2n) is 9.56. The molecule has 2 rings (SSSR count). The van der Waals surface area contributed by atoms with Gasteiger partial charge in [-0.1, -0.05) is 11.6 Å². The minimum atomic E-state index is -4.97. The van der Waals surface area contributed by atoms with E-state index in [0.717, 1.165) is 11.0 Å². The van der Waals surface area contributed by atoms with Crippen molar-refractivity contribution < 1.29 is 32.0 Å². The maximum Gasteiger partial charge on any atom is 0.420 e. The van der Waals surface area contributed by atoms with Crippen LogP contribution in [0, 0.1) is 0 Å². The molecule has 0 radical (unpaired) electrons. The van der Waals surface area contributed by atoms with Crippen LogP contribution in [0.25, 0.3) is 0 Å². The second-order valence-corrected chi connectivity index (χ2v) is 11.9. The molecule has 176 valence electrons. The zero-order valence-electron chi connectivity index (χ0n) is 18.3. The summed E-state index contributed by atoms with van der Waals surface area (Å²) < 4.78 is 59.7. The molecule has 0 aromatic carbocycles. The van der Waals surface area contributed by atoms with Crippen LogP contribution in [0.5, 0.6) is 0 Å². The number of anilines is 1. The van der Waals surface area contributed by atoms with Crippen molar-refractivity contribution in [2.75, 3.05) is 11.4 Å². The van der Waals surface area contributed by atoms with Crippen LogP contribution in [0.15, 0.2) is 6.07 Å². The molecule has 12 heteroatoms. The van der Waals surface area contributed by atoms with Gasteiger partial charge in [0, 0.05) is 5.56 Å². The third-order valence-corrected chi connectivity index (χ3v) is 6.40. The van der Waals surface area contributed by atoms with Gasteiger partial charge in [0.1, 0.15) is 5.60 Å². The normalized spacial score (nSPS) is 21.6. The highest BCUT2D eigenvalue weighted by Crippen LogP contribution is 2.46. The van der Waals surface area contributed by atoms with E-state index in [1.807, 2.05) is 0 Å². The van der Waals surface area contributed by atoms with Crippen LogP contribution in [0.1, 0.15) is 65.8 Å². The lowest BCUT2D eigenvalue weighted by molar-refractivity contribution is -0.208. The van der Waals surface area contributed by atoms with Crippen molar-refractivity contribution in [3.63, 3.8) is 0 Å². The molecule has 1 aromatic heterocycles. The topological polar surface area (TPSA) is 91.8 Å². The Morgan fingerprint density at radius 1 is 1.32 bits per heavy atom. The summed E-state index contributed by atoms with van der Waals surface area (Å²) in [5.41, 5.74) is -2.64. The zero-order valence-corrected chi connectivity index (χ0v) is 19.9. The highest BCUT2D eigenvalue weighted by atomic mass is 35.5. The number of hydrogen-bond donors (Lipinski definition) is 2. The molecule has 0 fully saturated rings. The van der Waals surface area contributed by atoms with Crippen LogP contribution < -0.4 is 9.62 Å². The average Bonchev–Trinajstić information content (AvgIpc) is 2.84. The number of aliphatic hydroxyl groups is 1. The van der Waals surface area contributed by atoms with Crippen molar-refractivity contribution in [1.29, 1.82) is 0 Å². The van der Waals surface area contributed by atoms with Gasteiger partial charge in [-0.05, 0) is 54.5 Å². The van der Waals surface area contributed by atoms with E-state index in [-0.39, 0.29) is 17.8 Å². The molecule has 1 aliphatic heterocycles. The minimum Gasteiger partial charge on any atom is -0.443 e. The first-order valence-corrected chi connectivity index (χ1v) is 10.9. The van der Waals surface area contributed by atoms with Crippen LogP contribution in [0.3, 0.4) is 0 Å². The number of nitrogens with zero attached hydrogens (tertiary/aromatic N) is 2. The van der Waals surface area contributed by atoms with Crippen molar-refractivity contribution in [2.24, 2.45) is 0 Å². The highest BCUT2D eigenvalue weighted by molar-refractivity contribution is 7.84. The first kappa shape index (κ1) is 25.8. The number of pyridine rings is 1. The van der Waals surface area contributed by atoms with Crippen molar-refractivity contribution in [3.05, 3.63) is 22.5 Å². The van der Waals surface area contributed by atoms with Gasteiger partial charge in [0.05, 0.1) is 39.2 Å². The van der Waals surface area contributed by atoms with Crippen molar-refractivity contribution in [1.82, 2.24) is 9.71 Å². The SMILES string of the molecule is CC(C)(C)OC(=O)N1C[C@@](C)(NS(=O)C(C)(C)C)c2cc(C(O)C(F)(F)F)nc(Cl)c21. The summed E-state index contributed by atoms with van der Waals surface area (Å²) in [7, 11) is -1.64. The third-order valence-electron chi connectivity index (χ3n) is 4.39. The van der Waals surface area contributed by atoms with Crippen LogP contribution in [0.4, 0.5) is 23.7 Å². The summed E-state index contributed by atoms with van der Waals surface area (Å²) in [6.07, 6.45) is -8.62. The Morgan fingerprint density at radius 2 is 1.87 bits per heavy atom. The largest absolute Gasteiger partial charge is 0.443 e. The predicted molar refractivity (Wildman–Crippen MR) is 112 cm³/mol. The van der Waals surface area contributed by atoms with Crippen molar-refractivity contribution in [2.45, 2.75) is 76.6 Å². The number of carbonyl (C=O) groups is 1. The molecule has 0 saturated heterocycles. The number of ether oxygens (including phenoxy) is 1. The molecule has 31 heavy (non-hydrogen) atoms. The van der Waals surface area contributed by atoms with E-state index in [1.165, 1.54) is 0 Å². The van der Waals surface area contributed by atoms with E-state index >= 15 is 0 Å². The Hall–Kier alpha value is -1.43. The van der Waals surface area contributed by atoms with Gasteiger partial charge in [-0.3, -0.25) is 4.90 Å². The Labute approximate surface area is 186 Å². The Morgan fingerprint density at radius 3 is 2.32 bits per heavy atom. The first-order valence-electron chi connectivity index (χ1n) is 9.42. The Balaban J connectivity index is 2.64. The first-order chi connectivity index (χ1) is 13.8. The van der Waals surface area contributed by atoms with Crippen LogP contribution in [-0.2, 0) is 21.3 Å². The standard InChI is InChI=1S/C19H27ClF3N3O4S/c1-16(2,3)30-15(28)26-9-18(7,25-31(29)17(4,5)6)10-8-11(13(27)19(21,22)23)24-14(20)12(10)26/h8,13,25,27H,9H2,1-7H3/t13?,18-,31?/m1/s1. The third kappa shape index (κ3) is 5.68. The molecule has 7 nitrogen and oxygen atoms in total. The average molecular weight is 486 g/mol. The summed E-state index contributed by atoms with van der Waals surface area (Å²) in [5.74, 6) is 0. The predicted octanol–water partition coefficient (Wildman–Crippen LogP) is 4.35. The lowest BCUT2D eigenvalue weighted by Crippen LogP contribution is -2.50. The molecule has 1 aliphatic rings. The summed E-state index contributed by atoms with van der Waals surface area (Å²) in [6.45, 7) is 11.6. The second kappa shape index (κ2) is 8.17. The molecule has 3 atom stereocenters. The molecule has 2 unspecified atom stereocenters. The number of aliphatic hydroxyl groups excluding tert-OH is 1. The van der Waals surface area contributed by atoms with Gasteiger partial charge in [0.15, 0.2) is 11.3 Å². The van der Waals surface area contributed by atoms with Gasteiger partial charge in [-0.25, -0.2) is 18.7 Å². The summed E-state index contributed by atoms with van der Waals surface area (Å²) >= 11 is 6.19. The van der Waals surface area contributed by atoms with E-state index in [0.29, 0.717) is 0 Å². The lowest BCUT2D eigenvalue weighted by atomic mass is 9.95. The van der Waals surface area contributed by atoms with Crippen LogP contribution in [0.2, 0.25) is 5.15 Å². The maximum absolute atomic E-state index is 13.1. The van der Waals surface area contributed by atoms with Gasteiger partial charge in [0.25, 0.3) is 0 Å². The molecule has 0 spiro atoms. The number of nitrogens with one attached hydrogen (secondary N) is 1. The monoisotopic (exact) mass is 485 g/mol. The number of fused-ring (bicyclic) bond motifs is 1. The van der Waals surface area contributed by atoms with Gasteiger partial charge in [0.2, 0.25) is 0 Å². The van der Waals surface area contributed by atoms with Gasteiger partial charge in [-0.2, -0.15) is 13.2 Å². The zero-order chi connectivity index (χ0) is 24.2. The number of alkyl halides is 3. The lowest BCUT2D eigenvalue weighted by Gasteiger charge is -2.31. The Kier molecular flexibility index (Phi) is 6.80. The number of amides is 1. The number of carbonyl (C=O) groups excluding carboxylic acids is 1. The number of aromatic nitrogens is 1. The molecule has 0 bridgehead atoms. The van der Waals surface area contributed by atoms with Crippen LogP contribution in [-0.4, -0.2) is 43.5 Å². The van der Waals surface area contributed by atoms with Gasteiger partial charge in [-0.15, -0.1) is 0 Å². The Bertz CT molecular complexity index is 899. The van der Waals surface area contributed by atoms with Gasteiger partial charge >= 0.3 is 12.3 Å². The molecule has 1 aromatic rings. The minimum absolute atomic E-state index is 0.0370. The molecule has 2 N–H and O–H groups in total. The number of halogens is 4. The molecular formula is C19H27ClF3N3O4S. The number of rotatable bonds is 3. The summed E-state index contributed by atoms with van der Waals surface area (Å²) in [6, 6.07) is 1.02.